The Hall–Kier alpha value is -1.52. The highest BCUT2D eigenvalue weighted by molar-refractivity contribution is 7.09. The van der Waals surface area contributed by atoms with Crippen LogP contribution in [0.15, 0.2) is 35.7 Å². The molecular formula is C15H16ClNO2S. The monoisotopic (exact) mass is 309 g/mol. The fourth-order valence-electron chi connectivity index (χ4n) is 1.90. The van der Waals surface area contributed by atoms with Crippen molar-refractivity contribution >= 4 is 28.8 Å². The average Bonchev–Trinajstić information content (AvgIpc) is 2.92. The Morgan fingerprint density at radius 1 is 1.40 bits per heavy atom. The number of hydrogen-bond acceptors (Lipinski definition) is 3. The number of rotatable bonds is 6. The molecule has 0 saturated heterocycles. The molecule has 0 aliphatic heterocycles. The fourth-order valence-corrected chi connectivity index (χ4v) is 2.80. The number of halogens is 1. The van der Waals surface area contributed by atoms with Crippen LogP contribution in [0.4, 0.5) is 0 Å². The zero-order chi connectivity index (χ0) is 14.4. The SMILES string of the molecule is COc1ccc(Cl)cc1CC(=O)NCCc1cccs1. The molecule has 1 heterocycles. The van der Waals surface area contributed by atoms with Gasteiger partial charge in [0.05, 0.1) is 13.5 Å². The van der Waals surface area contributed by atoms with Gasteiger partial charge in [-0.1, -0.05) is 17.7 Å². The molecule has 1 aromatic heterocycles. The molecule has 1 N–H and O–H groups in total. The minimum atomic E-state index is -0.0258. The van der Waals surface area contributed by atoms with E-state index in [2.05, 4.69) is 11.4 Å². The van der Waals surface area contributed by atoms with Crippen LogP contribution in [-0.4, -0.2) is 19.6 Å². The van der Waals surface area contributed by atoms with Gasteiger partial charge in [-0.25, -0.2) is 0 Å². The number of carbonyl (C=O) groups excluding carboxylic acids is 1. The third-order valence-corrected chi connectivity index (χ3v) is 4.04. The van der Waals surface area contributed by atoms with E-state index in [1.165, 1.54) is 4.88 Å². The molecule has 0 radical (unpaired) electrons. The van der Waals surface area contributed by atoms with Gasteiger partial charge in [-0.05, 0) is 36.1 Å². The molecule has 0 aliphatic carbocycles. The molecule has 0 saturated carbocycles. The van der Waals surface area contributed by atoms with Gasteiger partial charge in [0.2, 0.25) is 5.91 Å². The Bertz CT molecular complexity index is 569. The molecule has 2 aromatic rings. The highest BCUT2D eigenvalue weighted by Crippen LogP contribution is 2.22. The van der Waals surface area contributed by atoms with Crippen molar-refractivity contribution in [1.29, 1.82) is 0 Å². The van der Waals surface area contributed by atoms with Crippen molar-refractivity contribution in [3.05, 3.63) is 51.2 Å². The average molecular weight is 310 g/mol. The van der Waals surface area contributed by atoms with Gasteiger partial charge in [-0.2, -0.15) is 0 Å². The molecule has 1 aromatic carbocycles. The van der Waals surface area contributed by atoms with E-state index in [1.807, 2.05) is 11.4 Å². The third-order valence-electron chi connectivity index (χ3n) is 2.87. The summed E-state index contributed by atoms with van der Waals surface area (Å²) in [5.74, 6) is 0.657. The van der Waals surface area contributed by atoms with Crippen LogP contribution in [0.2, 0.25) is 5.02 Å². The van der Waals surface area contributed by atoms with Crippen LogP contribution in [0.5, 0.6) is 5.75 Å². The third kappa shape index (κ3) is 4.25. The van der Waals surface area contributed by atoms with Gasteiger partial charge in [0.25, 0.3) is 0 Å². The topological polar surface area (TPSA) is 38.3 Å². The highest BCUT2D eigenvalue weighted by Gasteiger charge is 2.09. The minimum absolute atomic E-state index is 0.0258. The van der Waals surface area contributed by atoms with Gasteiger partial charge >= 0.3 is 0 Å². The molecule has 0 atom stereocenters. The van der Waals surface area contributed by atoms with Crippen LogP contribution in [0.3, 0.4) is 0 Å². The lowest BCUT2D eigenvalue weighted by Gasteiger charge is -2.09. The van der Waals surface area contributed by atoms with Crippen LogP contribution in [0.1, 0.15) is 10.4 Å². The maximum atomic E-state index is 11.9. The summed E-state index contributed by atoms with van der Waals surface area (Å²) in [7, 11) is 1.58. The number of carbonyl (C=O) groups is 1. The quantitative estimate of drug-likeness (QED) is 0.889. The first-order chi connectivity index (χ1) is 9.69. The molecule has 3 nitrogen and oxygen atoms in total. The largest absolute Gasteiger partial charge is 0.496 e. The molecule has 0 bridgehead atoms. The predicted molar refractivity (Wildman–Crippen MR) is 82.7 cm³/mol. The number of nitrogens with one attached hydrogen (secondary N) is 1. The molecule has 0 fully saturated rings. The van der Waals surface area contributed by atoms with E-state index >= 15 is 0 Å². The summed E-state index contributed by atoms with van der Waals surface area (Å²) < 4.78 is 5.23. The summed E-state index contributed by atoms with van der Waals surface area (Å²) in [4.78, 5) is 13.2. The van der Waals surface area contributed by atoms with Gasteiger partial charge in [-0.15, -0.1) is 11.3 Å². The van der Waals surface area contributed by atoms with Crippen molar-refractivity contribution in [2.45, 2.75) is 12.8 Å². The second-order valence-electron chi connectivity index (χ2n) is 4.31. The van der Waals surface area contributed by atoms with Gasteiger partial charge < -0.3 is 10.1 Å². The van der Waals surface area contributed by atoms with Crippen molar-refractivity contribution in [1.82, 2.24) is 5.32 Å². The van der Waals surface area contributed by atoms with E-state index < -0.39 is 0 Å². The van der Waals surface area contributed by atoms with Gasteiger partial charge in [0.1, 0.15) is 5.75 Å². The van der Waals surface area contributed by atoms with Crippen LogP contribution in [0.25, 0.3) is 0 Å². The van der Waals surface area contributed by atoms with Crippen molar-refractivity contribution in [2.75, 3.05) is 13.7 Å². The van der Waals surface area contributed by atoms with E-state index in [1.54, 1.807) is 36.6 Å². The number of ether oxygens (including phenoxy) is 1. The molecule has 1 amide bonds. The standard InChI is InChI=1S/C15H16ClNO2S/c1-19-14-5-4-12(16)9-11(14)10-15(18)17-7-6-13-3-2-8-20-13/h2-5,8-9H,6-7,10H2,1H3,(H,17,18). The summed E-state index contributed by atoms with van der Waals surface area (Å²) in [6.45, 7) is 0.641. The predicted octanol–water partition coefficient (Wildman–Crippen LogP) is 3.31. The first-order valence-electron chi connectivity index (χ1n) is 6.30. The fraction of sp³-hybridized carbons (Fsp3) is 0.267. The lowest BCUT2D eigenvalue weighted by Crippen LogP contribution is -2.27. The second-order valence-corrected chi connectivity index (χ2v) is 5.78. The zero-order valence-electron chi connectivity index (χ0n) is 11.2. The Morgan fingerprint density at radius 3 is 2.95 bits per heavy atom. The van der Waals surface area contributed by atoms with Crippen molar-refractivity contribution in [3.63, 3.8) is 0 Å². The van der Waals surface area contributed by atoms with Crippen molar-refractivity contribution in [2.24, 2.45) is 0 Å². The number of thiophene rings is 1. The summed E-state index contributed by atoms with van der Waals surface area (Å²) in [5, 5.41) is 5.55. The van der Waals surface area contributed by atoms with Crippen LogP contribution < -0.4 is 10.1 Å². The molecule has 106 valence electrons. The van der Waals surface area contributed by atoms with Gasteiger partial charge in [-0.3, -0.25) is 4.79 Å². The number of methoxy groups -OCH3 is 1. The molecule has 0 unspecified atom stereocenters. The Kier molecular flexibility index (Phi) is 5.44. The molecule has 0 spiro atoms. The zero-order valence-corrected chi connectivity index (χ0v) is 12.8. The van der Waals surface area contributed by atoms with E-state index in [-0.39, 0.29) is 12.3 Å². The molecule has 0 aliphatic rings. The molecule has 2 rings (SSSR count). The maximum Gasteiger partial charge on any atom is 0.224 e. The van der Waals surface area contributed by atoms with Gasteiger partial charge in [0.15, 0.2) is 0 Å². The van der Waals surface area contributed by atoms with E-state index in [9.17, 15) is 4.79 Å². The Morgan fingerprint density at radius 2 is 2.25 bits per heavy atom. The van der Waals surface area contributed by atoms with Crippen LogP contribution in [-0.2, 0) is 17.6 Å². The van der Waals surface area contributed by atoms with E-state index in [0.717, 1.165) is 12.0 Å². The summed E-state index contributed by atoms with van der Waals surface area (Å²) in [6.07, 6.45) is 1.13. The number of amides is 1. The van der Waals surface area contributed by atoms with Crippen molar-refractivity contribution < 1.29 is 9.53 Å². The Labute approximate surface area is 127 Å². The summed E-state index contributed by atoms with van der Waals surface area (Å²) in [5.41, 5.74) is 0.800. The Balaban J connectivity index is 1.86. The minimum Gasteiger partial charge on any atom is -0.496 e. The smallest absolute Gasteiger partial charge is 0.224 e. The van der Waals surface area contributed by atoms with Gasteiger partial charge in [0, 0.05) is 22.0 Å². The number of hydrogen-bond donors (Lipinski definition) is 1. The first kappa shape index (κ1) is 14.9. The number of benzene rings is 1. The normalized spacial score (nSPS) is 10.3. The summed E-state index contributed by atoms with van der Waals surface area (Å²) in [6, 6.07) is 9.36. The molecule has 5 heteroatoms. The lowest BCUT2D eigenvalue weighted by atomic mass is 10.1. The maximum absolute atomic E-state index is 11.9. The molecule has 20 heavy (non-hydrogen) atoms. The molecular weight excluding hydrogens is 294 g/mol. The highest BCUT2D eigenvalue weighted by atomic mass is 35.5. The van der Waals surface area contributed by atoms with E-state index in [0.29, 0.717) is 17.3 Å². The second kappa shape index (κ2) is 7.31. The van der Waals surface area contributed by atoms with Crippen LogP contribution >= 0.6 is 22.9 Å². The first-order valence-corrected chi connectivity index (χ1v) is 7.56. The van der Waals surface area contributed by atoms with Crippen LogP contribution in [0, 0.1) is 0 Å². The van der Waals surface area contributed by atoms with Crippen molar-refractivity contribution in [3.8, 4) is 5.75 Å². The summed E-state index contributed by atoms with van der Waals surface area (Å²) >= 11 is 7.64. The lowest BCUT2D eigenvalue weighted by molar-refractivity contribution is -0.120. The van der Waals surface area contributed by atoms with E-state index in [4.69, 9.17) is 16.3 Å².